The summed E-state index contributed by atoms with van der Waals surface area (Å²) in [6.45, 7) is 2.91. The van der Waals surface area contributed by atoms with Crippen LogP contribution in [0.4, 0.5) is 0 Å². The van der Waals surface area contributed by atoms with Crippen LogP contribution in [0, 0.1) is 0 Å². The van der Waals surface area contributed by atoms with Crippen LogP contribution in [0.5, 0.6) is 0 Å². The minimum atomic E-state index is 0.753. The molecule has 0 aliphatic rings. The van der Waals surface area contributed by atoms with Crippen molar-refractivity contribution in [2.24, 2.45) is 7.05 Å². The maximum absolute atomic E-state index is 5.79. The predicted molar refractivity (Wildman–Crippen MR) is 67.7 cm³/mol. The van der Waals surface area contributed by atoms with Gasteiger partial charge in [-0.1, -0.05) is 13.3 Å². The summed E-state index contributed by atoms with van der Waals surface area (Å²) >= 11 is 0. The zero-order chi connectivity index (χ0) is 12.3. The van der Waals surface area contributed by atoms with Crippen LogP contribution in [-0.2, 0) is 20.0 Å². The van der Waals surface area contributed by atoms with Gasteiger partial charge in [-0.15, -0.1) is 0 Å². The van der Waals surface area contributed by atoms with Crippen LogP contribution in [0.15, 0.2) is 22.7 Å². The molecule has 1 N–H and O–H groups in total. The van der Waals surface area contributed by atoms with Gasteiger partial charge in [-0.2, -0.15) is 5.10 Å². The molecule has 2 aromatic rings. The van der Waals surface area contributed by atoms with E-state index in [1.54, 1.807) is 0 Å². The van der Waals surface area contributed by atoms with E-state index in [1.165, 1.54) is 0 Å². The molecule has 0 aromatic carbocycles. The normalized spacial score (nSPS) is 11.0. The monoisotopic (exact) mass is 233 g/mol. The van der Waals surface area contributed by atoms with Crippen LogP contribution in [0.2, 0.25) is 0 Å². The quantitative estimate of drug-likeness (QED) is 0.862. The molecule has 0 amide bonds. The number of rotatable bonds is 5. The van der Waals surface area contributed by atoms with Crippen LogP contribution >= 0.6 is 0 Å². The number of nitrogens with zero attached hydrogens (tertiary/aromatic N) is 2. The van der Waals surface area contributed by atoms with Gasteiger partial charge in [-0.3, -0.25) is 4.68 Å². The van der Waals surface area contributed by atoms with E-state index in [2.05, 4.69) is 17.3 Å². The van der Waals surface area contributed by atoms with Gasteiger partial charge in [-0.05, 0) is 25.6 Å². The molecule has 0 radical (unpaired) electrons. The van der Waals surface area contributed by atoms with E-state index in [9.17, 15) is 0 Å². The largest absolute Gasteiger partial charge is 0.460 e. The summed E-state index contributed by atoms with van der Waals surface area (Å²) in [6, 6.07) is 4.03. The number of aromatic nitrogens is 2. The number of hydrogen-bond acceptors (Lipinski definition) is 3. The molecule has 4 nitrogen and oxygen atoms in total. The van der Waals surface area contributed by atoms with Crippen LogP contribution in [0.3, 0.4) is 0 Å². The van der Waals surface area contributed by atoms with Crippen molar-refractivity contribution in [1.29, 1.82) is 0 Å². The molecule has 0 fully saturated rings. The van der Waals surface area contributed by atoms with E-state index in [1.807, 2.05) is 37.1 Å². The third kappa shape index (κ3) is 2.58. The molecule has 0 saturated heterocycles. The fourth-order valence-corrected chi connectivity index (χ4v) is 1.95. The first-order valence-corrected chi connectivity index (χ1v) is 6.00. The zero-order valence-corrected chi connectivity index (χ0v) is 10.7. The maximum Gasteiger partial charge on any atom is 0.137 e. The van der Waals surface area contributed by atoms with Gasteiger partial charge in [0.15, 0.2) is 0 Å². The fourth-order valence-electron chi connectivity index (χ4n) is 1.95. The van der Waals surface area contributed by atoms with Gasteiger partial charge in [-0.25, -0.2) is 0 Å². The van der Waals surface area contributed by atoms with Crippen molar-refractivity contribution >= 4 is 0 Å². The molecule has 2 rings (SSSR count). The lowest BCUT2D eigenvalue weighted by Gasteiger charge is -1.97. The summed E-state index contributed by atoms with van der Waals surface area (Å²) in [5.74, 6) is 1.86. The van der Waals surface area contributed by atoms with E-state index in [0.29, 0.717) is 0 Å². The molecule has 0 saturated carbocycles. The molecule has 0 atom stereocenters. The molecule has 0 aliphatic carbocycles. The second kappa shape index (κ2) is 5.19. The molecular formula is C13H19N3O. The van der Waals surface area contributed by atoms with Crippen molar-refractivity contribution in [3.8, 4) is 11.3 Å². The number of nitrogens with one attached hydrogen (secondary N) is 1. The summed E-state index contributed by atoms with van der Waals surface area (Å²) in [5, 5.41) is 7.55. The third-order valence-electron chi connectivity index (χ3n) is 2.67. The van der Waals surface area contributed by atoms with Crippen LogP contribution < -0.4 is 5.32 Å². The average molecular weight is 233 g/mol. The molecule has 2 aromatic heterocycles. The van der Waals surface area contributed by atoms with Crippen molar-refractivity contribution in [1.82, 2.24) is 15.1 Å². The lowest BCUT2D eigenvalue weighted by molar-refractivity contribution is 0.506. The van der Waals surface area contributed by atoms with Gasteiger partial charge in [0.25, 0.3) is 0 Å². The first-order chi connectivity index (χ1) is 8.24. The van der Waals surface area contributed by atoms with Crippen LogP contribution in [-0.4, -0.2) is 16.8 Å². The first kappa shape index (κ1) is 11.9. The minimum absolute atomic E-state index is 0.753. The molecule has 17 heavy (non-hydrogen) atoms. The Balaban J connectivity index is 2.30. The van der Waals surface area contributed by atoms with E-state index in [4.69, 9.17) is 4.42 Å². The Morgan fingerprint density at radius 1 is 1.41 bits per heavy atom. The second-order valence-corrected chi connectivity index (χ2v) is 4.21. The molecule has 4 heteroatoms. The predicted octanol–water partition coefficient (Wildman–Crippen LogP) is 2.35. The Labute approximate surface area is 102 Å². The van der Waals surface area contributed by atoms with Gasteiger partial charge < -0.3 is 9.73 Å². The Morgan fingerprint density at radius 2 is 2.24 bits per heavy atom. The van der Waals surface area contributed by atoms with E-state index < -0.39 is 0 Å². The lowest BCUT2D eigenvalue weighted by Crippen LogP contribution is -2.03. The van der Waals surface area contributed by atoms with Gasteiger partial charge in [0.2, 0.25) is 0 Å². The molecular weight excluding hydrogens is 214 g/mol. The van der Waals surface area contributed by atoms with Crippen molar-refractivity contribution in [3.63, 3.8) is 0 Å². The Kier molecular flexibility index (Phi) is 3.64. The number of aryl methyl sites for hydroxylation is 2. The summed E-state index contributed by atoms with van der Waals surface area (Å²) in [7, 11) is 3.86. The number of hydrogen-bond donors (Lipinski definition) is 1. The highest BCUT2D eigenvalue weighted by atomic mass is 16.3. The topological polar surface area (TPSA) is 43.0 Å². The average Bonchev–Trinajstić information content (AvgIpc) is 2.87. The SMILES string of the molecule is CCCc1nn(C)cc1-c1ccc(CNC)o1. The van der Waals surface area contributed by atoms with Crippen molar-refractivity contribution in [2.75, 3.05) is 7.05 Å². The molecule has 0 aliphatic heterocycles. The zero-order valence-electron chi connectivity index (χ0n) is 10.7. The van der Waals surface area contributed by atoms with Gasteiger partial charge >= 0.3 is 0 Å². The van der Waals surface area contributed by atoms with E-state index >= 15 is 0 Å². The van der Waals surface area contributed by atoms with Crippen molar-refractivity contribution < 1.29 is 4.42 Å². The standard InChI is InChI=1S/C13H19N3O/c1-4-5-12-11(9-16(3)15-12)13-7-6-10(17-13)8-14-2/h6-7,9,14H,4-5,8H2,1-3H3. The Bertz CT molecular complexity index is 485. The third-order valence-corrected chi connectivity index (χ3v) is 2.67. The summed E-state index contributed by atoms with van der Waals surface area (Å²) in [5.41, 5.74) is 2.22. The van der Waals surface area contributed by atoms with Gasteiger partial charge in [0, 0.05) is 13.2 Å². The Hall–Kier alpha value is -1.55. The fraction of sp³-hybridized carbons (Fsp3) is 0.462. The highest BCUT2D eigenvalue weighted by Gasteiger charge is 2.12. The lowest BCUT2D eigenvalue weighted by atomic mass is 10.1. The highest BCUT2D eigenvalue weighted by Crippen LogP contribution is 2.25. The van der Waals surface area contributed by atoms with Crippen LogP contribution in [0.25, 0.3) is 11.3 Å². The maximum atomic E-state index is 5.79. The molecule has 0 unspecified atom stereocenters. The van der Waals surface area contributed by atoms with Crippen molar-refractivity contribution in [2.45, 2.75) is 26.3 Å². The van der Waals surface area contributed by atoms with Gasteiger partial charge in [0.05, 0.1) is 17.8 Å². The molecule has 0 spiro atoms. The summed E-state index contributed by atoms with van der Waals surface area (Å²) in [6.07, 6.45) is 4.10. The van der Waals surface area contributed by atoms with Crippen molar-refractivity contribution in [3.05, 3.63) is 29.8 Å². The Morgan fingerprint density at radius 3 is 2.94 bits per heavy atom. The summed E-state index contributed by atoms with van der Waals surface area (Å²) < 4.78 is 7.64. The van der Waals surface area contributed by atoms with Crippen LogP contribution in [0.1, 0.15) is 24.8 Å². The van der Waals surface area contributed by atoms with E-state index in [0.717, 1.165) is 42.2 Å². The van der Waals surface area contributed by atoms with E-state index in [-0.39, 0.29) is 0 Å². The number of furan rings is 1. The second-order valence-electron chi connectivity index (χ2n) is 4.21. The molecule has 92 valence electrons. The smallest absolute Gasteiger partial charge is 0.137 e. The first-order valence-electron chi connectivity index (χ1n) is 6.00. The molecule has 0 bridgehead atoms. The summed E-state index contributed by atoms with van der Waals surface area (Å²) in [4.78, 5) is 0. The highest BCUT2D eigenvalue weighted by molar-refractivity contribution is 5.59. The van der Waals surface area contributed by atoms with Gasteiger partial charge in [0.1, 0.15) is 11.5 Å². The molecule has 2 heterocycles. The minimum Gasteiger partial charge on any atom is -0.460 e.